The molecule has 0 saturated carbocycles. The van der Waals surface area contributed by atoms with Crippen molar-refractivity contribution >= 4 is 5.69 Å². The van der Waals surface area contributed by atoms with Crippen molar-refractivity contribution in [3.8, 4) is 5.75 Å². The molecule has 1 unspecified atom stereocenters. The van der Waals surface area contributed by atoms with Crippen molar-refractivity contribution in [3.63, 3.8) is 0 Å². The molecule has 1 aromatic carbocycles. The monoisotopic (exact) mass is 290 g/mol. The highest BCUT2D eigenvalue weighted by Crippen LogP contribution is 2.24. The number of nitrogens with one attached hydrogen (secondary N) is 1. The molecule has 0 amide bonds. The van der Waals surface area contributed by atoms with Gasteiger partial charge in [-0.25, -0.2) is 0 Å². The molecule has 3 heteroatoms. The number of hydrogen-bond acceptors (Lipinski definition) is 3. The molecular weight excluding hydrogens is 260 g/mol. The summed E-state index contributed by atoms with van der Waals surface area (Å²) in [6, 6.07) is 8.87. The normalized spacial score (nSPS) is 18.7. The van der Waals surface area contributed by atoms with Gasteiger partial charge in [0.1, 0.15) is 5.75 Å². The van der Waals surface area contributed by atoms with Crippen LogP contribution < -0.4 is 10.1 Å². The van der Waals surface area contributed by atoms with Crippen molar-refractivity contribution in [1.29, 1.82) is 0 Å². The lowest BCUT2D eigenvalue weighted by molar-refractivity contribution is 0.183. The summed E-state index contributed by atoms with van der Waals surface area (Å²) in [5, 5.41) is 3.65. The van der Waals surface area contributed by atoms with E-state index in [2.05, 4.69) is 62.2 Å². The molecule has 1 fully saturated rings. The first kappa shape index (κ1) is 16.2. The van der Waals surface area contributed by atoms with Crippen LogP contribution in [-0.4, -0.2) is 36.7 Å². The molecule has 0 radical (unpaired) electrons. The molecule has 0 aromatic heterocycles. The maximum atomic E-state index is 5.68. The van der Waals surface area contributed by atoms with Crippen molar-refractivity contribution in [2.45, 2.75) is 52.7 Å². The smallest absolute Gasteiger partial charge is 0.119 e. The van der Waals surface area contributed by atoms with Crippen LogP contribution in [0.1, 0.15) is 40.5 Å². The number of nitrogens with zero attached hydrogens (tertiary/aromatic N) is 1. The Morgan fingerprint density at radius 2 is 1.76 bits per heavy atom. The van der Waals surface area contributed by atoms with Crippen LogP contribution in [0.15, 0.2) is 24.3 Å². The maximum absolute atomic E-state index is 5.68. The van der Waals surface area contributed by atoms with Crippen LogP contribution >= 0.6 is 0 Å². The Bertz CT molecular complexity index is 408. The number of likely N-dealkylation sites (tertiary alicyclic amines) is 1. The van der Waals surface area contributed by atoms with Gasteiger partial charge in [0, 0.05) is 11.7 Å². The Hall–Kier alpha value is -1.22. The molecule has 0 bridgehead atoms. The van der Waals surface area contributed by atoms with Gasteiger partial charge in [0.25, 0.3) is 0 Å². The molecule has 2 rings (SSSR count). The third-order valence-electron chi connectivity index (χ3n) is 4.41. The van der Waals surface area contributed by atoms with E-state index in [1.165, 1.54) is 38.2 Å². The van der Waals surface area contributed by atoms with Crippen molar-refractivity contribution < 1.29 is 4.74 Å². The zero-order valence-electron chi connectivity index (χ0n) is 13.9. The molecule has 1 aliphatic rings. The van der Waals surface area contributed by atoms with Crippen LogP contribution in [0.5, 0.6) is 5.75 Å². The molecule has 1 saturated heterocycles. The molecule has 118 valence electrons. The first-order chi connectivity index (χ1) is 10.1. The van der Waals surface area contributed by atoms with Gasteiger partial charge in [0.05, 0.1) is 6.10 Å². The quantitative estimate of drug-likeness (QED) is 0.857. The number of anilines is 1. The molecule has 0 aliphatic carbocycles. The fourth-order valence-corrected chi connectivity index (χ4v) is 3.05. The van der Waals surface area contributed by atoms with Crippen LogP contribution in [0.3, 0.4) is 0 Å². The van der Waals surface area contributed by atoms with Gasteiger partial charge < -0.3 is 15.0 Å². The highest BCUT2D eigenvalue weighted by molar-refractivity contribution is 5.47. The Labute approximate surface area is 129 Å². The Kier molecular flexibility index (Phi) is 5.92. The van der Waals surface area contributed by atoms with Gasteiger partial charge in [-0.2, -0.15) is 0 Å². The second-order valence-corrected chi connectivity index (χ2v) is 6.40. The molecule has 1 atom stereocenters. The predicted octanol–water partition coefficient (Wildman–Crippen LogP) is 4.01. The van der Waals surface area contributed by atoms with E-state index in [-0.39, 0.29) is 6.10 Å². The predicted molar refractivity (Wildman–Crippen MR) is 90.1 cm³/mol. The van der Waals surface area contributed by atoms with E-state index in [0.717, 1.165) is 11.7 Å². The first-order valence-corrected chi connectivity index (χ1v) is 8.34. The highest BCUT2D eigenvalue weighted by atomic mass is 16.5. The maximum Gasteiger partial charge on any atom is 0.119 e. The van der Waals surface area contributed by atoms with Crippen LogP contribution in [0.25, 0.3) is 0 Å². The minimum absolute atomic E-state index is 0.228. The van der Waals surface area contributed by atoms with E-state index < -0.39 is 0 Å². The minimum Gasteiger partial charge on any atom is -0.491 e. The van der Waals surface area contributed by atoms with Gasteiger partial charge in [0.2, 0.25) is 0 Å². The number of ether oxygens (including phenoxy) is 1. The molecule has 21 heavy (non-hydrogen) atoms. The zero-order valence-corrected chi connectivity index (χ0v) is 13.9. The van der Waals surface area contributed by atoms with Crippen molar-refractivity contribution in [2.24, 2.45) is 5.92 Å². The number of piperidine rings is 1. The molecule has 1 aliphatic heterocycles. The topological polar surface area (TPSA) is 24.5 Å². The van der Waals surface area contributed by atoms with Gasteiger partial charge in [-0.3, -0.25) is 0 Å². The third kappa shape index (κ3) is 4.92. The Balaban J connectivity index is 1.83. The van der Waals surface area contributed by atoms with Crippen molar-refractivity contribution in [1.82, 2.24) is 4.90 Å². The Morgan fingerprint density at radius 1 is 1.14 bits per heavy atom. The lowest BCUT2D eigenvalue weighted by Crippen LogP contribution is -2.39. The average Bonchev–Trinajstić information content (AvgIpc) is 2.49. The molecule has 1 aromatic rings. The SMILES string of the molecule is CCN1CCC(C(C)Nc2ccc(OC(C)C)cc2)CC1. The summed E-state index contributed by atoms with van der Waals surface area (Å²) in [7, 11) is 0. The van der Waals surface area contributed by atoms with Crippen LogP contribution in [0.2, 0.25) is 0 Å². The standard InChI is InChI=1S/C18H30N2O/c1-5-20-12-10-16(11-13-20)15(4)19-17-6-8-18(9-7-17)21-14(2)3/h6-9,14-16,19H,5,10-13H2,1-4H3. The highest BCUT2D eigenvalue weighted by Gasteiger charge is 2.22. The molecule has 0 spiro atoms. The lowest BCUT2D eigenvalue weighted by Gasteiger charge is -2.34. The van der Waals surface area contributed by atoms with E-state index >= 15 is 0 Å². The van der Waals surface area contributed by atoms with E-state index in [0.29, 0.717) is 6.04 Å². The fourth-order valence-electron chi connectivity index (χ4n) is 3.05. The molecular formula is C18H30N2O. The van der Waals surface area contributed by atoms with Crippen molar-refractivity contribution in [2.75, 3.05) is 25.0 Å². The summed E-state index contributed by atoms with van der Waals surface area (Å²) in [6.07, 6.45) is 2.83. The number of benzene rings is 1. The largest absolute Gasteiger partial charge is 0.491 e. The minimum atomic E-state index is 0.228. The van der Waals surface area contributed by atoms with Crippen LogP contribution in [-0.2, 0) is 0 Å². The number of hydrogen-bond donors (Lipinski definition) is 1. The summed E-state index contributed by atoms with van der Waals surface area (Å²) in [6.45, 7) is 12.3. The van der Waals surface area contributed by atoms with Gasteiger partial charge in [0.15, 0.2) is 0 Å². The molecule has 1 N–H and O–H groups in total. The molecule has 1 heterocycles. The average molecular weight is 290 g/mol. The van der Waals surface area contributed by atoms with Crippen molar-refractivity contribution in [3.05, 3.63) is 24.3 Å². The first-order valence-electron chi connectivity index (χ1n) is 8.34. The van der Waals surface area contributed by atoms with Gasteiger partial charge in [-0.05, 0) is 83.4 Å². The van der Waals surface area contributed by atoms with E-state index in [1.807, 2.05) is 0 Å². The van der Waals surface area contributed by atoms with Crippen LogP contribution in [0, 0.1) is 5.92 Å². The Morgan fingerprint density at radius 3 is 2.29 bits per heavy atom. The summed E-state index contributed by atoms with van der Waals surface area (Å²) >= 11 is 0. The van der Waals surface area contributed by atoms with E-state index in [4.69, 9.17) is 4.74 Å². The fraction of sp³-hybridized carbons (Fsp3) is 0.667. The number of rotatable bonds is 6. The zero-order chi connectivity index (χ0) is 15.2. The van der Waals surface area contributed by atoms with Gasteiger partial charge in [-0.15, -0.1) is 0 Å². The van der Waals surface area contributed by atoms with Gasteiger partial charge in [-0.1, -0.05) is 6.92 Å². The van der Waals surface area contributed by atoms with E-state index in [1.54, 1.807) is 0 Å². The third-order valence-corrected chi connectivity index (χ3v) is 4.41. The summed E-state index contributed by atoms with van der Waals surface area (Å²) < 4.78 is 5.68. The molecule has 3 nitrogen and oxygen atoms in total. The summed E-state index contributed by atoms with van der Waals surface area (Å²) in [5.74, 6) is 1.72. The summed E-state index contributed by atoms with van der Waals surface area (Å²) in [5.41, 5.74) is 1.19. The second kappa shape index (κ2) is 7.69. The van der Waals surface area contributed by atoms with Gasteiger partial charge >= 0.3 is 0 Å². The second-order valence-electron chi connectivity index (χ2n) is 6.40. The van der Waals surface area contributed by atoms with E-state index in [9.17, 15) is 0 Å². The van der Waals surface area contributed by atoms with Crippen LogP contribution in [0.4, 0.5) is 5.69 Å². The lowest BCUT2D eigenvalue weighted by atomic mass is 9.90. The summed E-state index contributed by atoms with van der Waals surface area (Å²) in [4.78, 5) is 2.54.